The van der Waals surface area contributed by atoms with E-state index in [0.29, 0.717) is 17.5 Å². The van der Waals surface area contributed by atoms with Gasteiger partial charge in [-0.1, -0.05) is 29.1 Å². The van der Waals surface area contributed by atoms with Crippen LogP contribution in [0.25, 0.3) is 16.7 Å². The Morgan fingerprint density at radius 1 is 1.08 bits per heavy atom. The predicted molar refractivity (Wildman–Crippen MR) is 96.2 cm³/mol. The quantitative estimate of drug-likeness (QED) is 0.506. The SMILES string of the molecule is COc1ccc(-n2c(SCc3nc(C)no3)nc3ccccc32)cc1. The molecular formula is C18H16N4O2S. The summed E-state index contributed by atoms with van der Waals surface area (Å²) in [6.07, 6.45) is 0. The monoisotopic (exact) mass is 352 g/mol. The smallest absolute Gasteiger partial charge is 0.237 e. The second-order valence-corrected chi connectivity index (χ2v) is 6.38. The summed E-state index contributed by atoms with van der Waals surface area (Å²) in [5.74, 6) is 2.62. The van der Waals surface area contributed by atoms with Crippen molar-refractivity contribution in [3.05, 3.63) is 60.2 Å². The lowest BCUT2D eigenvalue weighted by molar-refractivity contribution is 0.387. The van der Waals surface area contributed by atoms with Crippen LogP contribution in [0.4, 0.5) is 0 Å². The Morgan fingerprint density at radius 3 is 2.60 bits per heavy atom. The van der Waals surface area contributed by atoms with Gasteiger partial charge >= 0.3 is 0 Å². The molecule has 0 N–H and O–H groups in total. The topological polar surface area (TPSA) is 66.0 Å². The molecule has 4 aromatic rings. The standard InChI is InChI=1S/C18H16N4O2S/c1-12-19-17(24-21-12)11-25-18-20-15-5-3-4-6-16(15)22(18)13-7-9-14(23-2)10-8-13/h3-10H,11H2,1-2H3. The van der Waals surface area contributed by atoms with Gasteiger partial charge in [0.1, 0.15) is 5.75 Å². The highest BCUT2D eigenvalue weighted by atomic mass is 32.2. The van der Waals surface area contributed by atoms with Crippen LogP contribution in [0.2, 0.25) is 0 Å². The number of aromatic nitrogens is 4. The zero-order valence-corrected chi connectivity index (χ0v) is 14.7. The molecule has 0 aliphatic rings. The number of hydrogen-bond acceptors (Lipinski definition) is 6. The van der Waals surface area contributed by atoms with E-state index in [0.717, 1.165) is 27.6 Å². The molecule has 0 aliphatic carbocycles. The van der Waals surface area contributed by atoms with E-state index in [1.54, 1.807) is 18.9 Å². The van der Waals surface area contributed by atoms with Crippen LogP contribution in [0.1, 0.15) is 11.7 Å². The molecule has 7 heteroatoms. The highest BCUT2D eigenvalue weighted by Gasteiger charge is 2.14. The Labute approximate surface area is 148 Å². The average molecular weight is 352 g/mol. The third kappa shape index (κ3) is 3.10. The number of para-hydroxylation sites is 2. The third-order valence-corrected chi connectivity index (χ3v) is 4.68. The normalized spacial score (nSPS) is 11.1. The van der Waals surface area contributed by atoms with Gasteiger partial charge in [-0.2, -0.15) is 4.98 Å². The van der Waals surface area contributed by atoms with Crippen molar-refractivity contribution >= 4 is 22.8 Å². The van der Waals surface area contributed by atoms with Crippen LogP contribution in [-0.4, -0.2) is 26.8 Å². The highest BCUT2D eigenvalue weighted by molar-refractivity contribution is 7.98. The lowest BCUT2D eigenvalue weighted by atomic mass is 10.2. The number of benzene rings is 2. The lowest BCUT2D eigenvalue weighted by Gasteiger charge is -2.09. The summed E-state index contributed by atoms with van der Waals surface area (Å²) in [7, 11) is 1.66. The largest absolute Gasteiger partial charge is 0.497 e. The molecule has 0 unspecified atom stereocenters. The minimum Gasteiger partial charge on any atom is -0.497 e. The summed E-state index contributed by atoms with van der Waals surface area (Å²) in [4.78, 5) is 9.01. The summed E-state index contributed by atoms with van der Waals surface area (Å²) in [5.41, 5.74) is 3.03. The predicted octanol–water partition coefficient (Wildman–Crippen LogP) is 4.02. The van der Waals surface area contributed by atoms with Crippen molar-refractivity contribution in [2.75, 3.05) is 7.11 Å². The van der Waals surface area contributed by atoms with Crippen LogP contribution in [0.3, 0.4) is 0 Å². The van der Waals surface area contributed by atoms with Crippen LogP contribution in [0.15, 0.2) is 58.2 Å². The summed E-state index contributed by atoms with van der Waals surface area (Å²) in [6, 6.07) is 16.0. The van der Waals surface area contributed by atoms with Gasteiger partial charge < -0.3 is 9.26 Å². The molecule has 0 saturated heterocycles. The third-order valence-electron chi connectivity index (χ3n) is 3.76. The van der Waals surface area contributed by atoms with Gasteiger partial charge in [0.05, 0.1) is 23.9 Å². The van der Waals surface area contributed by atoms with E-state index in [4.69, 9.17) is 14.2 Å². The summed E-state index contributed by atoms with van der Waals surface area (Å²) >= 11 is 1.57. The molecule has 2 heterocycles. The van der Waals surface area contributed by atoms with Gasteiger partial charge in [-0.05, 0) is 43.3 Å². The Morgan fingerprint density at radius 2 is 1.88 bits per heavy atom. The van der Waals surface area contributed by atoms with E-state index in [-0.39, 0.29) is 0 Å². The van der Waals surface area contributed by atoms with Crippen molar-refractivity contribution in [1.29, 1.82) is 0 Å². The number of methoxy groups -OCH3 is 1. The molecule has 126 valence electrons. The number of ether oxygens (including phenoxy) is 1. The number of hydrogen-bond donors (Lipinski definition) is 0. The molecule has 25 heavy (non-hydrogen) atoms. The lowest BCUT2D eigenvalue weighted by Crippen LogP contribution is -1.97. The van der Waals surface area contributed by atoms with Crippen LogP contribution < -0.4 is 4.74 Å². The Kier molecular flexibility index (Phi) is 4.15. The summed E-state index contributed by atoms with van der Waals surface area (Å²) in [5, 5.41) is 4.71. The number of thioether (sulfide) groups is 1. The first-order chi connectivity index (χ1) is 12.2. The number of imidazole rings is 1. The first kappa shape index (κ1) is 15.7. The molecule has 0 bridgehead atoms. The maximum Gasteiger partial charge on any atom is 0.237 e. The van der Waals surface area contributed by atoms with Crippen LogP contribution in [0.5, 0.6) is 5.75 Å². The Balaban J connectivity index is 1.74. The molecular weight excluding hydrogens is 336 g/mol. The number of nitrogens with zero attached hydrogens (tertiary/aromatic N) is 4. The van der Waals surface area contributed by atoms with Gasteiger partial charge in [0.25, 0.3) is 0 Å². The van der Waals surface area contributed by atoms with E-state index in [9.17, 15) is 0 Å². The van der Waals surface area contributed by atoms with Crippen molar-refractivity contribution in [2.24, 2.45) is 0 Å². The number of rotatable bonds is 5. The first-order valence-electron chi connectivity index (χ1n) is 7.78. The second kappa shape index (κ2) is 6.60. The molecule has 4 rings (SSSR count). The van der Waals surface area contributed by atoms with E-state index in [2.05, 4.69) is 20.8 Å². The first-order valence-corrected chi connectivity index (χ1v) is 8.77. The van der Waals surface area contributed by atoms with Crippen molar-refractivity contribution in [3.8, 4) is 11.4 Å². The number of fused-ring (bicyclic) bond motifs is 1. The molecule has 0 saturated carbocycles. The zero-order chi connectivity index (χ0) is 17.2. The zero-order valence-electron chi connectivity index (χ0n) is 13.8. The van der Waals surface area contributed by atoms with Gasteiger partial charge in [-0.25, -0.2) is 4.98 Å². The fourth-order valence-corrected chi connectivity index (χ4v) is 3.47. The van der Waals surface area contributed by atoms with Crippen LogP contribution in [-0.2, 0) is 5.75 Å². The van der Waals surface area contributed by atoms with E-state index in [1.165, 1.54) is 0 Å². The molecule has 6 nitrogen and oxygen atoms in total. The molecule has 2 aromatic carbocycles. The van der Waals surface area contributed by atoms with Gasteiger partial charge in [0.2, 0.25) is 5.89 Å². The van der Waals surface area contributed by atoms with E-state index < -0.39 is 0 Å². The minimum atomic E-state index is 0.570. The van der Waals surface area contributed by atoms with Crippen molar-refractivity contribution in [2.45, 2.75) is 17.8 Å². The fourth-order valence-electron chi connectivity index (χ4n) is 2.61. The molecule has 0 fully saturated rings. The molecule has 0 amide bonds. The van der Waals surface area contributed by atoms with Crippen LogP contribution >= 0.6 is 11.8 Å². The van der Waals surface area contributed by atoms with E-state index >= 15 is 0 Å². The molecule has 0 radical (unpaired) electrons. The van der Waals surface area contributed by atoms with Gasteiger partial charge in [0.15, 0.2) is 11.0 Å². The Bertz CT molecular complexity index is 1010. The second-order valence-electron chi connectivity index (χ2n) is 5.44. The van der Waals surface area contributed by atoms with Gasteiger partial charge in [-0.3, -0.25) is 4.57 Å². The van der Waals surface area contributed by atoms with Gasteiger partial charge in [0, 0.05) is 5.69 Å². The van der Waals surface area contributed by atoms with Crippen molar-refractivity contribution in [1.82, 2.24) is 19.7 Å². The minimum absolute atomic E-state index is 0.570. The summed E-state index contributed by atoms with van der Waals surface area (Å²) < 4.78 is 12.6. The molecule has 2 aromatic heterocycles. The van der Waals surface area contributed by atoms with Gasteiger partial charge in [-0.15, -0.1) is 0 Å². The summed E-state index contributed by atoms with van der Waals surface area (Å²) in [6.45, 7) is 1.81. The Hall–Kier alpha value is -2.80. The maximum absolute atomic E-state index is 5.25. The van der Waals surface area contributed by atoms with Crippen LogP contribution in [0, 0.1) is 6.92 Å². The molecule has 0 spiro atoms. The number of aryl methyl sites for hydroxylation is 1. The maximum atomic E-state index is 5.25. The molecule has 0 atom stereocenters. The molecule has 0 aliphatic heterocycles. The average Bonchev–Trinajstić information content (AvgIpc) is 3.23. The highest BCUT2D eigenvalue weighted by Crippen LogP contribution is 2.30. The van der Waals surface area contributed by atoms with Crippen molar-refractivity contribution < 1.29 is 9.26 Å². The fraction of sp³-hybridized carbons (Fsp3) is 0.167. The van der Waals surface area contributed by atoms with Crippen molar-refractivity contribution in [3.63, 3.8) is 0 Å². The van der Waals surface area contributed by atoms with E-state index in [1.807, 2.05) is 49.4 Å².